The van der Waals surface area contributed by atoms with Gasteiger partial charge in [0.25, 0.3) is 0 Å². The molecule has 0 aliphatic carbocycles. The van der Waals surface area contributed by atoms with Crippen LogP contribution in [0.1, 0.15) is 0 Å². The molecular weight excluding hydrogens is 232 g/mol. The molecule has 0 aliphatic rings. The maximum absolute atomic E-state index is 11.4. The van der Waals surface area contributed by atoms with Gasteiger partial charge in [0.05, 0.1) is 12.3 Å². The first-order chi connectivity index (χ1) is 8.70. The van der Waals surface area contributed by atoms with E-state index in [0.29, 0.717) is 5.82 Å². The normalized spacial score (nSPS) is 12.1. The number of nitrogens with one attached hydrogen (secondary N) is 1. The van der Waals surface area contributed by atoms with Gasteiger partial charge in [-0.3, -0.25) is 4.79 Å². The lowest BCUT2D eigenvalue weighted by molar-refractivity contribution is -0.118. The summed E-state index contributed by atoms with van der Waals surface area (Å²) in [5.74, 6) is -0.0661. The molecular formula is C12H14N4O2. The van der Waals surface area contributed by atoms with Crippen molar-refractivity contribution in [2.45, 2.75) is 6.04 Å². The molecule has 18 heavy (non-hydrogen) atoms. The molecule has 6 nitrogen and oxygen atoms in total. The van der Waals surface area contributed by atoms with Gasteiger partial charge in [0, 0.05) is 12.3 Å². The number of aliphatic hydroxyl groups excluding tert-OH is 1. The van der Waals surface area contributed by atoms with Gasteiger partial charge >= 0.3 is 0 Å². The van der Waals surface area contributed by atoms with Crippen LogP contribution in [-0.2, 0) is 4.79 Å². The second-order valence-corrected chi connectivity index (χ2v) is 3.76. The van der Waals surface area contributed by atoms with Gasteiger partial charge in [-0.1, -0.05) is 18.2 Å². The van der Waals surface area contributed by atoms with E-state index >= 15 is 0 Å². The Morgan fingerprint density at radius 3 is 2.78 bits per heavy atom. The number of hydrogen-bond donors (Lipinski definition) is 3. The van der Waals surface area contributed by atoms with E-state index in [-0.39, 0.29) is 0 Å². The number of aromatic nitrogens is 2. The summed E-state index contributed by atoms with van der Waals surface area (Å²) in [6.07, 6.45) is 1.73. The van der Waals surface area contributed by atoms with E-state index < -0.39 is 18.6 Å². The fourth-order valence-corrected chi connectivity index (χ4v) is 1.42. The smallest absolute Gasteiger partial charge is 0.244 e. The summed E-state index contributed by atoms with van der Waals surface area (Å²) in [7, 11) is 0. The quantitative estimate of drug-likeness (QED) is 0.715. The second kappa shape index (κ2) is 5.44. The second-order valence-electron chi connectivity index (χ2n) is 3.76. The fourth-order valence-electron chi connectivity index (χ4n) is 1.42. The topological polar surface area (TPSA) is 93.2 Å². The van der Waals surface area contributed by atoms with E-state index in [1.54, 1.807) is 16.9 Å². The molecule has 1 heterocycles. The van der Waals surface area contributed by atoms with E-state index in [1.165, 1.54) is 0 Å². The monoisotopic (exact) mass is 246 g/mol. The van der Waals surface area contributed by atoms with Gasteiger partial charge in [-0.15, -0.1) is 0 Å². The zero-order valence-corrected chi connectivity index (χ0v) is 9.65. The van der Waals surface area contributed by atoms with Crippen LogP contribution in [0.15, 0.2) is 42.6 Å². The van der Waals surface area contributed by atoms with Crippen molar-refractivity contribution in [3.63, 3.8) is 0 Å². The molecule has 1 aromatic heterocycles. The Morgan fingerprint density at radius 2 is 2.11 bits per heavy atom. The molecule has 0 bridgehead atoms. The Balaban J connectivity index is 2.10. The van der Waals surface area contributed by atoms with Gasteiger partial charge in [-0.05, 0) is 12.1 Å². The highest BCUT2D eigenvalue weighted by Crippen LogP contribution is 2.09. The molecule has 0 saturated heterocycles. The summed E-state index contributed by atoms with van der Waals surface area (Å²) in [4.78, 5) is 11.4. The maximum Gasteiger partial charge on any atom is 0.244 e. The first kappa shape index (κ1) is 12.3. The first-order valence-electron chi connectivity index (χ1n) is 5.49. The zero-order valence-electron chi connectivity index (χ0n) is 9.65. The highest BCUT2D eigenvalue weighted by molar-refractivity contribution is 5.93. The summed E-state index contributed by atoms with van der Waals surface area (Å²) in [5, 5.41) is 15.5. The minimum Gasteiger partial charge on any atom is -0.394 e. The van der Waals surface area contributed by atoms with Gasteiger partial charge in [-0.25, -0.2) is 4.68 Å². The maximum atomic E-state index is 11.4. The van der Waals surface area contributed by atoms with Crippen molar-refractivity contribution in [2.75, 3.05) is 11.9 Å². The summed E-state index contributed by atoms with van der Waals surface area (Å²) < 4.78 is 1.64. The molecule has 2 aromatic rings. The minimum absolute atomic E-state index is 0.396. The lowest BCUT2D eigenvalue weighted by Gasteiger charge is -2.06. The van der Waals surface area contributed by atoms with Crippen molar-refractivity contribution in [3.8, 4) is 5.69 Å². The third kappa shape index (κ3) is 2.73. The van der Waals surface area contributed by atoms with Gasteiger partial charge in [0.2, 0.25) is 5.91 Å². The van der Waals surface area contributed by atoms with Crippen molar-refractivity contribution in [1.29, 1.82) is 0 Å². The van der Waals surface area contributed by atoms with Crippen molar-refractivity contribution in [2.24, 2.45) is 5.73 Å². The zero-order chi connectivity index (χ0) is 13.0. The number of carbonyl (C=O) groups excluding carboxylic acids is 1. The molecule has 0 spiro atoms. The summed E-state index contributed by atoms with van der Waals surface area (Å²) >= 11 is 0. The van der Waals surface area contributed by atoms with Crippen LogP contribution in [0, 0.1) is 0 Å². The van der Waals surface area contributed by atoms with Gasteiger partial charge in [-0.2, -0.15) is 5.10 Å². The molecule has 0 unspecified atom stereocenters. The largest absolute Gasteiger partial charge is 0.394 e. The predicted octanol–water partition coefficient (Wildman–Crippen LogP) is 0.130. The van der Waals surface area contributed by atoms with Crippen LogP contribution in [0.4, 0.5) is 5.82 Å². The lowest BCUT2D eigenvalue weighted by atomic mass is 10.3. The average Bonchev–Trinajstić information content (AvgIpc) is 2.87. The molecule has 0 saturated carbocycles. The Bertz CT molecular complexity index is 524. The number of nitrogens with zero attached hydrogens (tertiary/aromatic N) is 2. The first-order valence-corrected chi connectivity index (χ1v) is 5.49. The Kier molecular flexibility index (Phi) is 3.71. The Labute approximate surface area is 104 Å². The van der Waals surface area contributed by atoms with Crippen LogP contribution in [0.25, 0.3) is 5.69 Å². The minimum atomic E-state index is -0.938. The van der Waals surface area contributed by atoms with Crippen molar-refractivity contribution >= 4 is 11.7 Å². The van der Waals surface area contributed by atoms with Crippen molar-refractivity contribution < 1.29 is 9.90 Å². The molecule has 4 N–H and O–H groups in total. The van der Waals surface area contributed by atoms with Crippen LogP contribution in [-0.4, -0.2) is 33.4 Å². The van der Waals surface area contributed by atoms with Crippen LogP contribution >= 0.6 is 0 Å². The molecule has 0 aliphatic heterocycles. The number of nitrogens with two attached hydrogens (primary N) is 1. The number of rotatable bonds is 4. The van der Waals surface area contributed by atoms with Crippen LogP contribution in [0.3, 0.4) is 0 Å². The van der Waals surface area contributed by atoms with Gasteiger partial charge in [0.1, 0.15) is 6.04 Å². The van der Waals surface area contributed by atoms with E-state index in [9.17, 15) is 4.79 Å². The van der Waals surface area contributed by atoms with E-state index in [1.807, 2.05) is 30.3 Å². The number of hydrogen-bond acceptors (Lipinski definition) is 4. The molecule has 2 rings (SSSR count). The predicted molar refractivity (Wildman–Crippen MR) is 67.3 cm³/mol. The summed E-state index contributed by atoms with van der Waals surface area (Å²) in [6.45, 7) is -0.398. The van der Waals surface area contributed by atoms with E-state index in [2.05, 4.69) is 10.4 Å². The summed E-state index contributed by atoms with van der Waals surface area (Å²) in [6, 6.07) is 10.2. The third-order valence-electron chi connectivity index (χ3n) is 2.39. The highest BCUT2D eigenvalue weighted by atomic mass is 16.3. The third-order valence-corrected chi connectivity index (χ3v) is 2.39. The highest BCUT2D eigenvalue weighted by Gasteiger charge is 2.13. The molecule has 94 valence electrons. The number of carbonyl (C=O) groups is 1. The molecule has 0 fully saturated rings. The van der Waals surface area contributed by atoms with Gasteiger partial charge < -0.3 is 16.2 Å². The molecule has 1 amide bonds. The molecule has 1 atom stereocenters. The average molecular weight is 246 g/mol. The van der Waals surface area contributed by atoms with Gasteiger partial charge in [0.15, 0.2) is 5.82 Å². The van der Waals surface area contributed by atoms with Crippen molar-refractivity contribution in [1.82, 2.24) is 9.78 Å². The van der Waals surface area contributed by atoms with E-state index in [4.69, 9.17) is 10.8 Å². The number of anilines is 1. The van der Waals surface area contributed by atoms with Crippen LogP contribution in [0.5, 0.6) is 0 Å². The number of para-hydroxylation sites is 1. The lowest BCUT2D eigenvalue weighted by Crippen LogP contribution is -2.38. The van der Waals surface area contributed by atoms with Crippen molar-refractivity contribution in [3.05, 3.63) is 42.6 Å². The Hall–Kier alpha value is -2.18. The molecule has 1 aromatic carbocycles. The number of aliphatic hydroxyl groups is 1. The van der Waals surface area contributed by atoms with Crippen LogP contribution < -0.4 is 11.1 Å². The summed E-state index contributed by atoms with van der Waals surface area (Å²) in [5.41, 5.74) is 6.28. The SMILES string of the molecule is N[C@H](CO)C(=O)Nc1ccn(-c2ccccc2)n1. The fraction of sp³-hybridized carbons (Fsp3) is 0.167. The molecule has 0 radical (unpaired) electrons. The standard InChI is InChI=1S/C12H14N4O2/c13-10(8-17)12(18)14-11-6-7-16(15-11)9-4-2-1-3-5-9/h1-7,10,17H,8,13H2,(H,14,15,18)/t10-/m1/s1. The molecule has 6 heteroatoms. The van der Waals surface area contributed by atoms with Crippen LogP contribution in [0.2, 0.25) is 0 Å². The Morgan fingerprint density at radius 1 is 1.39 bits per heavy atom. The number of amides is 1. The van der Waals surface area contributed by atoms with E-state index in [0.717, 1.165) is 5.69 Å². The number of benzene rings is 1.